The van der Waals surface area contributed by atoms with Gasteiger partial charge in [-0.25, -0.2) is 4.98 Å². The lowest BCUT2D eigenvalue weighted by atomic mass is 9.99. The van der Waals surface area contributed by atoms with Crippen molar-refractivity contribution in [2.24, 2.45) is 5.92 Å². The van der Waals surface area contributed by atoms with E-state index in [1.807, 2.05) is 30.3 Å². The highest BCUT2D eigenvalue weighted by molar-refractivity contribution is 5.86. The molecule has 96 valence electrons. The third-order valence-corrected chi connectivity index (χ3v) is 3.93. The SMILES string of the molecule is CC1CCN(c2cc(C#N)c3ccccc3n2)CC1. The standard InChI is InChI=1S/C16H17N3/c1-12-6-8-19(9-7-12)16-10-13(11-17)14-4-2-3-5-15(14)18-16/h2-5,10,12H,6-9H2,1H3. The molecule has 0 saturated carbocycles. The van der Waals surface area contributed by atoms with Gasteiger partial charge in [0.15, 0.2) is 0 Å². The van der Waals surface area contributed by atoms with Gasteiger partial charge in [0, 0.05) is 18.5 Å². The predicted octanol–water partition coefficient (Wildman–Crippen LogP) is 3.34. The first-order chi connectivity index (χ1) is 9.28. The van der Waals surface area contributed by atoms with Gasteiger partial charge in [-0.05, 0) is 30.9 Å². The molecule has 0 unspecified atom stereocenters. The van der Waals surface area contributed by atoms with Gasteiger partial charge >= 0.3 is 0 Å². The van der Waals surface area contributed by atoms with Gasteiger partial charge in [-0.1, -0.05) is 25.1 Å². The van der Waals surface area contributed by atoms with Crippen LogP contribution < -0.4 is 4.90 Å². The Morgan fingerprint density at radius 2 is 2.00 bits per heavy atom. The van der Waals surface area contributed by atoms with Crippen molar-refractivity contribution in [3.8, 4) is 6.07 Å². The van der Waals surface area contributed by atoms with Gasteiger partial charge in [0.25, 0.3) is 0 Å². The highest BCUT2D eigenvalue weighted by atomic mass is 15.2. The molecule has 19 heavy (non-hydrogen) atoms. The Bertz CT molecular complexity index is 634. The van der Waals surface area contributed by atoms with Gasteiger partial charge in [-0.15, -0.1) is 0 Å². The van der Waals surface area contributed by atoms with Crippen molar-refractivity contribution < 1.29 is 0 Å². The van der Waals surface area contributed by atoms with E-state index < -0.39 is 0 Å². The van der Waals surface area contributed by atoms with Crippen LogP contribution in [0.2, 0.25) is 0 Å². The molecule has 3 rings (SSSR count). The third kappa shape index (κ3) is 2.26. The van der Waals surface area contributed by atoms with Gasteiger partial charge in [0.1, 0.15) is 5.82 Å². The van der Waals surface area contributed by atoms with E-state index in [0.29, 0.717) is 0 Å². The average Bonchev–Trinajstić information content (AvgIpc) is 2.47. The number of aromatic nitrogens is 1. The second-order valence-corrected chi connectivity index (χ2v) is 5.33. The summed E-state index contributed by atoms with van der Waals surface area (Å²) in [6.07, 6.45) is 2.41. The molecule has 2 heterocycles. The highest BCUT2D eigenvalue weighted by Crippen LogP contribution is 2.26. The summed E-state index contributed by atoms with van der Waals surface area (Å²) in [6.45, 7) is 4.38. The Balaban J connectivity index is 2.03. The molecule has 0 radical (unpaired) electrons. The molecule has 0 aliphatic carbocycles. The van der Waals surface area contributed by atoms with Crippen molar-refractivity contribution >= 4 is 16.7 Å². The number of pyridine rings is 1. The third-order valence-electron chi connectivity index (χ3n) is 3.93. The molecule has 3 nitrogen and oxygen atoms in total. The second-order valence-electron chi connectivity index (χ2n) is 5.33. The molecule has 0 N–H and O–H groups in total. The van der Waals surface area contributed by atoms with Gasteiger partial charge in [-0.2, -0.15) is 5.26 Å². The average molecular weight is 251 g/mol. The summed E-state index contributed by atoms with van der Waals surface area (Å²) in [5.41, 5.74) is 1.63. The van der Waals surface area contributed by atoms with Gasteiger partial charge in [0.05, 0.1) is 17.1 Å². The molecule has 0 amide bonds. The Kier molecular flexibility index (Phi) is 3.08. The van der Waals surface area contributed by atoms with Crippen molar-refractivity contribution in [3.63, 3.8) is 0 Å². The first-order valence-electron chi connectivity index (χ1n) is 6.83. The minimum Gasteiger partial charge on any atom is -0.357 e. The fraction of sp³-hybridized carbons (Fsp3) is 0.375. The van der Waals surface area contributed by atoms with E-state index in [-0.39, 0.29) is 0 Å². The van der Waals surface area contributed by atoms with Gasteiger partial charge in [0.2, 0.25) is 0 Å². The van der Waals surface area contributed by atoms with Crippen LogP contribution in [0.25, 0.3) is 10.9 Å². The number of fused-ring (bicyclic) bond motifs is 1. The first kappa shape index (κ1) is 12.0. The van der Waals surface area contributed by atoms with Crippen LogP contribution in [0.1, 0.15) is 25.3 Å². The molecule has 1 aliphatic rings. The van der Waals surface area contributed by atoms with E-state index in [1.165, 1.54) is 12.8 Å². The van der Waals surface area contributed by atoms with Gasteiger partial charge < -0.3 is 4.90 Å². The fourth-order valence-electron chi connectivity index (χ4n) is 2.65. The summed E-state index contributed by atoms with van der Waals surface area (Å²) in [5, 5.41) is 10.2. The van der Waals surface area contributed by atoms with E-state index in [2.05, 4.69) is 17.9 Å². The lowest BCUT2D eigenvalue weighted by Gasteiger charge is -2.31. The summed E-state index contributed by atoms with van der Waals surface area (Å²) in [5.74, 6) is 1.74. The van der Waals surface area contributed by atoms with E-state index in [9.17, 15) is 5.26 Å². The van der Waals surface area contributed by atoms with E-state index in [1.54, 1.807) is 0 Å². The molecule has 1 fully saturated rings. The Hall–Kier alpha value is -2.08. The summed E-state index contributed by atoms with van der Waals surface area (Å²) in [7, 11) is 0. The van der Waals surface area contributed by atoms with Crippen LogP contribution in [0.4, 0.5) is 5.82 Å². The van der Waals surface area contributed by atoms with Crippen LogP contribution in [-0.2, 0) is 0 Å². The topological polar surface area (TPSA) is 39.9 Å². The van der Waals surface area contributed by atoms with Crippen molar-refractivity contribution in [1.82, 2.24) is 4.98 Å². The zero-order chi connectivity index (χ0) is 13.2. The van der Waals surface area contributed by atoms with Gasteiger partial charge in [-0.3, -0.25) is 0 Å². The van der Waals surface area contributed by atoms with E-state index in [0.717, 1.165) is 41.3 Å². The summed E-state index contributed by atoms with van der Waals surface area (Å²) in [4.78, 5) is 7.01. The van der Waals surface area contributed by atoms with Crippen LogP contribution >= 0.6 is 0 Å². The fourth-order valence-corrected chi connectivity index (χ4v) is 2.65. The number of benzene rings is 1. The molecule has 1 aliphatic heterocycles. The van der Waals surface area contributed by atoms with Crippen LogP contribution in [-0.4, -0.2) is 18.1 Å². The number of nitrogens with zero attached hydrogens (tertiary/aromatic N) is 3. The molecule has 0 spiro atoms. The van der Waals surface area contributed by atoms with E-state index >= 15 is 0 Å². The lowest BCUT2D eigenvalue weighted by molar-refractivity contribution is 0.437. The molecule has 1 aromatic carbocycles. The Morgan fingerprint density at radius 1 is 1.26 bits per heavy atom. The minimum atomic E-state index is 0.722. The predicted molar refractivity (Wildman–Crippen MR) is 77.1 cm³/mol. The number of piperidine rings is 1. The minimum absolute atomic E-state index is 0.722. The Labute approximate surface area is 113 Å². The maximum Gasteiger partial charge on any atom is 0.130 e. The van der Waals surface area contributed by atoms with Crippen molar-refractivity contribution in [3.05, 3.63) is 35.9 Å². The number of hydrogen-bond donors (Lipinski definition) is 0. The smallest absolute Gasteiger partial charge is 0.130 e. The van der Waals surface area contributed by atoms with Crippen LogP contribution in [0.5, 0.6) is 0 Å². The number of hydrogen-bond acceptors (Lipinski definition) is 3. The highest BCUT2D eigenvalue weighted by Gasteiger charge is 2.18. The monoisotopic (exact) mass is 251 g/mol. The van der Waals surface area contributed by atoms with Crippen molar-refractivity contribution in [1.29, 1.82) is 5.26 Å². The number of anilines is 1. The summed E-state index contributed by atoms with van der Waals surface area (Å²) in [6, 6.07) is 12.1. The van der Waals surface area contributed by atoms with E-state index in [4.69, 9.17) is 4.98 Å². The number of rotatable bonds is 1. The number of nitriles is 1. The van der Waals surface area contributed by atoms with Crippen molar-refractivity contribution in [2.45, 2.75) is 19.8 Å². The van der Waals surface area contributed by atoms with Crippen LogP contribution in [0.15, 0.2) is 30.3 Å². The number of para-hydroxylation sites is 1. The van der Waals surface area contributed by atoms with Crippen molar-refractivity contribution in [2.75, 3.05) is 18.0 Å². The zero-order valence-corrected chi connectivity index (χ0v) is 11.1. The zero-order valence-electron chi connectivity index (χ0n) is 11.1. The quantitative estimate of drug-likeness (QED) is 0.780. The Morgan fingerprint density at radius 3 is 2.74 bits per heavy atom. The van der Waals surface area contributed by atoms with Crippen LogP contribution in [0.3, 0.4) is 0 Å². The summed E-state index contributed by atoms with van der Waals surface area (Å²) < 4.78 is 0. The lowest BCUT2D eigenvalue weighted by Crippen LogP contribution is -2.33. The molecular weight excluding hydrogens is 234 g/mol. The molecule has 2 aromatic rings. The molecule has 1 saturated heterocycles. The normalized spacial score (nSPS) is 16.5. The maximum absolute atomic E-state index is 9.30. The summed E-state index contributed by atoms with van der Waals surface area (Å²) >= 11 is 0. The molecular formula is C16H17N3. The molecule has 0 bridgehead atoms. The molecule has 3 heteroatoms. The maximum atomic E-state index is 9.30. The largest absolute Gasteiger partial charge is 0.357 e. The molecule has 0 atom stereocenters. The first-order valence-corrected chi connectivity index (χ1v) is 6.83. The molecule has 1 aromatic heterocycles. The second kappa shape index (κ2) is 4.89. The van der Waals surface area contributed by atoms with Crippen LogP contribution in [0, 0.1) is 17.2 Å².